The molecule has 8 heteroatoms. The first kappa shape index (κ1) is 27.5. The van der Waals surface area contributed by atoms with Gasteiger partial charge >= 0.3 is 0 Å². The number of unbranched alkanes of at least 4 members (excludes halogenated alkanes) is 2. The molecule has 1 heterocycles. The average molecular weight is 560 g/mol. The highest BCUT2D eigenvalue weighted by molar-refractivity contribution is 7.00. The summed E-state index contributed by atoms with van der Waals surface area (Å²) in [6.45, 7) is 5.63. The normalized spacial score (nSPS) is 11.1. The predicted octanol–water partition coefficient (Wildman–Crippen LogP) is 9.46. The number of nitrogens with zero attached hydrogens (tertiary/aromatic N) is 3. The van der Waals surface area contributed by atoms with E-state index >= 15 is 0 Å². The van der Waals surface area contributed by atoms with Gasteiger partial charge in [-0.15, -0.1) is 0 Å². The van der Waals surface area contributed by atoms with Crippen LogP contribution in [0.4, 0.5) is 25.8 Å². The molecule has 0 radical (unpaired) electrons. The quantitative estimate of drug-likeness (QED) is 0.143. The van der Waals surface area contributed by atoms with Gasteiger partial charge in [0.1, 0.15) is 22.5 Å². The highest BCUT2D eigenvalue weighted by Gasteiger charge is 2.19. The summed E-state index contributed by atoms with van der Waals surface area (Å²) in [6, 6.07) is 24.3. The van der Waals surface area contributed by atoms with E-state index in [1.165, 1.54) is 0 Å². The van der Waals surface area contributed by atoms with E-state index in [4.69, 9.17) is 9.47 Å². The van der Waals surface area contributed by atoms with Crippen molar-refractivity contribution < 1.29 is 18.3 Å². The molecular weight excluding hydrogens is 528 g/mol. The van der Waals surface area contributed by atoms with Crippen molar-refractivity contribution in [3.8, 4) is 22.6 Å². The van der Waals surface area contributed by atoms with Crippen LogP contribution < -0.4 is 14.4 Å². The molecule has 4 aromatic carbocycles. The van der Waals surface area contributed by atoms with Gasteiger partial charge in [-0.05, 0) is 79.1 Å². The average Bonchev–Trinajstić information content (AvgIpc) is 3.44. The summed E-state index contributed by atoms with van der Waals surface area (Å²) in [4.78, 5) is 2.09. The molecule has 0 aliphatic heterocycles. The first-order valence-electron chi connectivity index (χ1n) is 13.6. The third-order valence-electron chi connectivity index (χ3n) is 6.58. The Bertz CT molecular complexity index is 1480. The summed E-state index contributed by atoms with van der Waals surface area (Å²) in [5.41, 5.74) is 4.05. The molecule has 0 aliphatic carbocycles. The molecule has 5 rings (SSSR count). The highest BCUT2D eigenvalue weighted by atomic mass is 32.1. The fourth-order valence-corrected chi connectivity index (χ4v) is 4.94. The molecular formula is C32H31F2N3O2S. The van der Waals surface area contributed by atoms with Crippen LogP contribution in [-0.4, -0.2) is 22.0 Å². The Morgan fingerprint density at radius 3 is 1.70 bits per heavy atom. The van der Waals surface area contributed by atoms with Crippen LogP contribution in [0.25, 0.3) is 22.2 Å². The van der Waals surface area contributed by atoms with Crippen molar-refractivity contribution >= 4 is 39.8 Å². The first-order valence-corrected chi connectivity index (χ1v) is 14.3. The summed E-state index contributed by atoms with van der Waals surface area (Å²) < 4.78 is 49.2. The minimum absolute atomic E-state index is 0.115. The van der Waals surface area contributed by atoms with Crippen molar-refractivity contribution in [1.29, 1.82) is 0 Å². The topological polar surface area (TPSA) is 47.5 Å². The minimum Gasteiger partial charge on any atom is -0.494 e. The van der Waals surface area contributed by atoms with Gasteiger partial charge in [-0.25, -0.2) is 8.78 Å². The zero-order chi connectivity index (χ0) is 27.9. The van der Waals surface area contributed by atoms with E-state index in [9.17, 15) is 8.78 Å². The maximum absolute atomic E-state index is 14.9. The summed E-state index contributed by atoms with van der Waals surface area (Å²) in [5, 5.41) is 0. The summed E-state index contributed by atoms with van der Waals surface area (Å²) in [6.07, 6.45) is 4.15. The second-order valence-corrected chi connectivity index (χ2v) is 9.98. The van der Waals surface area contributed by atoms with Crippen molar-refractivity contribution in [2.45, 2.75) is 39.5 Å². The molecule has 206 valence electrons. The van der Waals surface area contributed by atoms with E-state index in [-0.39, 0.29) is 5.56 Å². The number of rotatable bonds is 12. The molecule has 0 bridgehead atoms. The van der Waals surface area contributed by atoms with E-state index in [1.807, 2.05) is 60.7 Å². The lowest BCUT2D eigenvalue weighted by Crippen LogP contribution is -2.10. The van der Waals surface area contributed by atoms with Gasteiger partial charge in [0.25, 0.3) is 0 Å². The van der Waals surface area contributed by atoms with Gasteiger partial charge in [0, 0.05) is 28.7 Å². The first-order chi connectivity index (χ1) is 19.6. The fraction of sp³-hybridized carbons (Fsp3) is 0.250. The van der Waals surface area contributed by atoms with E-state index in [0.29, 0.717) is 29.8 Å². The van der Waals surface area contributed by atoms with Crippen LogP contribution in [0.1, 0.15) is 39.5 Å². The number of benzene rings is 4. The molecule has 40 heavy (non-hydrogen) atoms. The maximum Gasteiger partial charge on any atom is 0.169 e. The number of ether oxygens (including phenoxy) is 2. The molecule has 5 aromatic rings. The van der Waals surface area contributed by atoms with Crippen molar-refractivity contribution in [3.05, 3.63) is 90.5 Å². The van der Waals surface area contributed by atoms with E-state index in [1.54, 1.807) is 12.1 Å². The molecule has 0 spiro atoms. The van der Waals surface area contributed by atoms with Crippen molar-refractivity contribution in [2.24, 2.45) is 0 Å². The van der Waals surface area contributed by atoms with E-state index < -0.39 is 11.6 Å². The molecule has 5 nitrogen and oxygen atoms in total. The Morgan fingerprint density at radius 2 is 1.20 bits per heavy atom. The lowest BCUT2D eigenvalue weighted by atomic mass is 10.0. The predicted molar refractivity (Wildman–Crippen MR) is 158 cm³/mol. The van der Waals surface area contributed by atoms with Crippen molar-refractivity contribution in [2.75, 3.05) is 18.1 Å². The van der Waals surface area contributed by atoms with Gasteiger partial charge in [-0.1, -0.05) is 38.8 Å². The molecule has 0 saturated carbocycles. The second kappa shape index (κ2) is 12.9. The molecule has 0 unspecified atom stereocenters. The lowest BCUT2D eigenvalue weighted by Gasteiger charge is -2.26. The highest BCUT2D eigenvalue weighted by Crippen LogP contribution is 2.38. The van der Waals surface area contributed by atoms with Gasteiger partial charge in [-0.2, -0.15) is 8.75 Å². The Balaban J connectivity index is 1.49. The summed E-state index contributed by atoms with van der Waals surface area (Å²) >= 11 is 0.934. The second-order valence-electron chi connectivity index (χ2n) is 9.45. The monoisotopic (exact) mass is 559 g/mol. The summed E-state index contributed by atoms with van der Waals surface area (Å²) in [5.74, 6) is -0.241. The van der Waals surface area contributed by atoms with Crippen LogP contribution in [0, 0.1) is 11.6 Å². The van der Waals surface area contributed by atoms with Gasteiger partial charge in [0.05, 0.1) is 24.9 Å². The number of hydrogen-bond acceptors (Lipinski definition) is 6. The van der Waals surface area contributed by atoms with E-state index in [2.05, 4.69) is 27.5 Å². The standard InChI is InChI=1S/C32H31F2N3O2S/c1-3-5-19-38-26-15-11-24(12-16-26)37(25-13-17-27(18-14-25)39-20-6-4-2)23-9-7-22(8-10-23)30-31(34)28(33)21-29-32(30)36-40-35-29/h7-18,21H,3-6,19-20H2,1-2H3. The van der Waals surface area contributed by atoms with Crippen LogP contribution >= 0.6 is 11.7 Å². The number of halogens is 2. The Hall–Kier alpha value is -4.04. The molecule has 0 N–H and O–H groups in total. The third kappa shape index (κ3) is 6.07. The SMILES string of the molecule is CCCCOc1ccc(N(c2ccc(OCCCC)cc2)c2ccc(-c3c(F)c(F)cc4nsnc34)cc2)cc1. The molecule has 0 saturated heterocycles. The van der Waals surface area contributed by atoms with Gasteiger partial charge < -0.3 is 14.4 Å². The molecule has 0 atom stereocenters. The van der Waals surface area contributed by atoms with Crippen LogP contribution in [0.2, 0.25) is 0 Å². The number of hydrogen-bond donors (Lipinski definition) is 0. The Labute approximate surface area is 237 Å². The Kier molecular flexibility index (Phi) is 8.86. The minimum atomic E-state index is -0.941. The fourth-order valence-electron chi connectivity index (χ4n) is 4.41. The van der Waals surface area contributed by atoms with Crippen LogP contribution in [0.3, 0.4) is 0 Å². The maximum atomic E-state index is 14.9. The van der Waals surface area contributed by atoms with Crippen LogP contribution in [-0.2, 0) is 0 Å². The Morgan fingerprint density at radius 1 is 0.700 bits per heavy atom. The van der Waals surface area contributed by atoms with Gasteiger partial charge in [0.2, 0.25) is 0 Å². The zero-order valence-corrected chi connectivity index (χ0v) is 23.4. The third-order valence-corrected chi connectivity index (χ3v) is 7.12. The molecule has 0 amide bonds. The number of aromatic nitrogens is 2. The molecule has 0 fully saturated rings. The van der Waals surface area contributed by atoms with Crippen molar-refractivity contribution in [1.82, 2.24) is 8.75 Å². The van der Waals surface area contributed by atoms with Crippen molar-refractivity contribution in [3.63, 3.8) is 0 Å². The van der Waals surface area contributed by atoms with Crippen LogP contribution in [0.15, 0.2) is 78.9 Å². The van der Waals surface area contributed by atoms with Gasteiger partial charge in [-0.3, -0.25) is 0 Å². The van der Waals surface area contributed by atoms with Crippen LogP contribution in [0.5, 0.6) is 11.5 Å². The largest absolute Gasteiger partial charge is 0.494 e. The van der Waals surface area contributed by atoms with E-state index in [0.717, 1.165) is 72.0 Å². The molecule has 1 aromatic heterocycles. The lowest BCUT2D eigenvalue weighted by molar-refractivity contribution is 0.309. The smallest absolute Gasteiger partial charge is 0.169 e. The zero-order valence-electron chi connectivity index (χ0n) is 22.6. The molecule has 0 aliphatic rings. The number of anilines is 3. The number of fused-ring (bicyclic) bond motifs is 1. The van der Waals surface area contributed by atoms with Gasteiger partial charge in [0.15, 0.2) is 11.6 Å². The summed E-state index contributed by atoms with van der Waals surface area (Å²) in [7, 11) is 0.